The summed E-state index contributed by atoms with van der Waals surface area (Å²) in [6, 6.07) is 16.5. The molecule has 1 aromatic heterocycles. The fraction of sp³-hybridized carbons (Fsp3) is 0.348. The van der Waals surface area contributed by atoms with Crippen LogP contribution in [0, 0.1) is 6.92 Å². The van der Waals surface area contributed by atoms with Crippen LogP contribution in [0.2, 0.25) is 0 Å². The molecule has 0 spiro atoms. The number of benzene rings is 2. The second-order valence-electron chi connectivity index (χ2n) is 7.36. The molecule has 1 saturated heterocycles. The van der Waals surface area contributed by atoms with Crippen LogP contribution in [0.5, 0.6) is 0 Å². The largest absolute Gasteiger partial charge is 0.342 e. The molecule has 5 heteroatoms. The van der Waals surface area contributed by atoms with Gasteiger partial charge in [-0.05, 0) is 43.9 Å². The molecule has 0 N–H and O–H groups in total. The minimum absolute atomic E-state index is 0.209. The maximum absolute atomic E-state index is 12.6. The number of hydrogen-bond acceptors (Lipinski definition) is 4. The molecule has 144 valence electrons. The van der Waals surface area contributed by atoms with E-state index in [2.05, 4.69) is 31.2 Å². The third kappa shape index (κ3) is 4.53. The molecule has 1 aliphatic rings. The number of para-hydroxylation sites is 2. The van der Waals surface area contributed by atoms with E-state index in [0.29, 0.717) is 5.75 Å². The summed E-state index contributed by atoms with van der Waals surface area (Å²) in [5.41, 5.74) is 5.17. The van der Waals surface area contributed by atoms with Gasteiger partial charge in [0.05, 0.1) is 22.5 Å². The van der Waals surface area contributed by atoms with Gasteiger partial charge in [0.1, 0.15) is 5.03 Å². The predicted octanol–water partition coefficient (Wildman–Crippen LogP) is 4.63. The molecule has 1 fully saturated rings. The summed E-state index contributed by atoms with van der Waals surface area (Å²) in [6.07, 6.45) is 4.18. The summed E-state index contributed by atoms with van der Waals surface area (Å²) in [4.78, 5) is 24.3. The highest BCUT2D eigenvalue weighted by Crippen LogP contribution is 2.25. The van der Waals surface area contributed by atoms with Gasteiger partial charge in [0.25, 0.3) is 0 Å². The van der Waals surface area contributed by atoms with Crippen LogP contribution in [0.4, 0.5) is 0 Å². The number of aromatic nitrogens is 2. The number of hydrogen-bond donors (Lipinski definition) is 0. The van der Waals surface area contributed by atoms with Crippen LogP contribution >= 0.6 is 11.8 Å². The van der Waals surface area contributed by atoms with Crippen molar-refractivity contribution in [3.63, 3.8) is 0 Å². The number of fused-ring (bicyclic) bond motifs is 1. The molecule has 1 aliphatic heterocycles. The van der Waals surface area contributed by atoms with Gasteiger partial charge < -0.3 is 4.90 Å². The van der Waals surface area contributed by atoms with Crippen molar-refractivity contribution >= 4 is 28.7 Å². The lowest BCUT2D eigenvalue weighted by Crippen LogP contribution is -2.36. The van der Waals surface area contributed by atoms with Crippen molar-refractivity contribution in [3.05, 3.63) is 65.4 Å². The summed E-state index contributed by atoms with van der Waals surface area (Å²) in [5.74, 6) is 0.634. The van der Waals surface area contributed by atoms with E-state index in [4.69, 9.17) is 9.97 Å². The van der Waals surface area contributed by atoms with Crippen LogP contribution in [0.25, 0.3) is 11.0 Å². The Morgan fingerprint density at radius 1 is 0.964 bits per heavy atom. The Hall–Kier alpha value is -2.40. The first kappa shape index (κ1) is 18.9. The lowest BCUT2D eigenvalue weighted by Gasteiger charge is -2.26. The molecule has 0 radical (unpaired) electrons. The monoisotopic (exact) mass is 391 g/mol. The quantitative estimate of drug-likeness (QED) is 0.595. The van der Waals surface area contributed by atoms with E-state index < -0.39 is 0 Å². The number of thioether (sulfide) groups is 1. The van der Waals surface area contributed by atoms with Crippen LogP contribution in [0.15, 0.2) is 53.6 Å². The zero-order valence-corrected chi connectivity index (χ0v) is 17.0. The maximum Gasteiger partial charge on any atom is 0.232 e. The molecule has 0 atom stereocenters. The summed E-state index contributed by atoms with van der Waals surface area (Å²) in [6.45, 7) is 3.87. The number of piperidine rings is 1. The molecular weight excluding hydrogens is 366 g/mol. The van der Waals surface area contributed by atoms with Crippen molar-refractivity contribution in [2.24, 2.45) is 0 Å². The lowest BCUT2D eigenvalue weighted by molar-refractivity contribution is -0.129. The Morgan fingerprint density at radius 2 is 1.64 bits per heavy atom. The van der Waals surface area contributed by atoms with Gasteiger partial charge in [0.2, 0.25) is 5.91 Å². The molecular formula is C23H25N3OS. The van der Waals surface area contributed by atoms with Crippen LogP contribution in [-0.2, 0) is 11.2 Å². The second kappa shape index (κ2) is 8.74. The third-order valence-corrected chi connectivity index (χ3v) is 6.13. The van der Waals surface area contributed by atoms with Crippen LogP contribution in [-0.4, -0.2) is 39.6 Å². The van der Waals surface area contributed by atoms with Gasteiger partial charge in [-0.1, -0.05) is 53.7 Å². The van der Waals surface area contributed by atoms with Gasteiger partial charge in [-0.2, -0.15) is 0 Å². The first-order valence-electron chi connectivity index (χ1n) is 9.91. The van der Waals surface area contributed by atoms with Crippen molar-refractivity contribution in [1.29, 1.82) is 0 Å². The fourth-order valence-corrected chi connectivity index (χ4v) is 4.41. The summed E-state index contributed by atoms with van der Waals surface area (Å²) >= 11 is 1.52. The average Bonchev–Trinajstić information content (AvgIpc) is 2.74. The molecule has 4 nitrogen and oxygen atoms in total. The Balaban J connectivity index is 1.57. The minimum Gasteiger partial charge on any atom is -0.342 e. The van der Waals surface area contributed by atoms with Crippen molar-refractivity contribution in [2.45, 2.75) is 37.6 Å². The first-order valence-corrected chi connectivity index (χ1v) is 10.9. The Bertz CT molecular complexity index is 965. The SMILES string of the molecule is Cc1ccc(Cc2nc3ccccc3nc2SCC(=O)N2CCCCC2)cc1. The van der Waals surface area contributed by atoms with E-state index in [1.165, 1.54) is 29.3 Å². The number of aryl methyl sites for hydroxylation is 1. The number of nitrogens with zero attached hydrogens (tertiary/aromatic N) is 3. The topological polar surface area (TPSA) is 46.1 Å². The van der Waals surface area contributed by atoms with E-state index >= 15 is 0 Å². The standard InChI is InChI=1S/C23H25N3OS/c1-17-9-11-18(12-10-17)15-21-23(25-20-8-4-3-7-19(20)24-21)28-16-22(27)26-13-5-2-6-14-26/h3-4,7-12H,2,5-6,13-16H2,1H3. The number of amides is 1. The van der Waals surface area contributed by atoms with E-state index in [-0.39, 0.29) is 5.91 Å². The lowest BCUT2D eigenvalue weighted by atomic mass is 10.1. The molecule has 0 bridgehead atoms. The highest BCUT2D eigenvalue weighted by Gasteiger charge is 2.18. The van der Waals surface area contributed by atoms with Crippen LogP contribution in [0.1, 0.15) is 36.1 Å². The van der Waals surface area contributed by atoms with E-state index in [1.54, 1.807) is 0 Å². The summed E-state index contributed by atoms with van der Waals surface area (Å²) < 4.78 is 0. The molecule has 1 amide bonds. The van der Waals surface area contributed by atoms with Crippen LogP contribution in [0.3, 0.4) is 0 Å². The Labute approximate surface area is 170 Å². The molecule has 4 rings (SSSR count). The van der Waals surface area contributed by atoms with Gasteiger partial charge >= 0.3 is 0 Å². The minimum atomic E-state index is 0.209. The fourth-order valence-electron chi connectivity index (χ4n) is 3.52. The van der Waals surface area contributed by atoms with Crippen molar-refractivity contribution < 1.29 is 4.79 Å². The summed E-state index contributed by atoms with van der Waals surface area (Å²) in [7, 11) is 0. The molecule has 0 aliphatic carbocycles. The smallest absolute Gasteiger partial charge is 0.232 e. The molecule has 0 saturated carbocycles. The highest BCUT2D eigenvalue weighted by molar-refractivity contribution is 7.99. The highest BCUT2D eigenvalue weighted by atomic mass is 32.2. The van der Waals surface area contributed by atoms with Crippen molar-refractivity contribution in [3.8, 4) is 0 Å². The number of likely N-dealkylation sites (tertiary alicyclic amines) is 1. The maximum atomic E-state index is 12.6. The zero-order valence-electron chi connectivity index (χ0n) is 16.2. The van der Waals surface area contributed by atoms with E-state index in [9.17, 15) is 4.79 Å². The zero-order chi connectivity index (χ0) is 19.3. The van der Waals surface area contributed by atoms with Gasteiger partial charge in [0.15, 0.2) is 0 Å². The third-order valence-electron chi connectivity index (χ3n) is 5.14. The van der Waals surface area contributed by atoms with Gasteiger partial charge in [0, 0.05) is 19.5 Å². The van der Waals surface area contributed by atoms with Crippen molar-refractivity contribution in [1.82, 2.24) is 14.9 Å². The molecule has 0 unspecified atom stereocenters. The second-order valence-corrected chi connectivity index (χ2v) is 8.32. The summed E-state index contributed by atoms with van der Waals surface area (Å²) in [5, 5.41) is 0.865. The molecule has 2 heterocycles. The predicted molar refractivity (Wildman–Crippen MR) is 115 cm³/mol. The molecule has 2 aromatic carbocycles. The molecule has 3 aromatic rings. The van der Waals surface area contributed by atoms with Gasteiger partial charge in [-0.15, -0.1) is 0 Å². The number of carbonyl (C=O) groups is 1. The Kier molecular flexibility index (Phi) is 5.91. The number of rotatable bonds is 5. The van der Waals surface area contributed by atoms with E-state index in [0.717, 1.165) is 54.1 Å². The molecule has 28 heavy (non-hydrogen) atoms. The van der Waals surface area contributed by atoms with Crippen LogP contribution < -0.4 is 0 Å². The normalized spacial score (nSPS) is 14.4. The average molecular weight is 392 g/mol. The number of carbonyl (C=O) groups excluding carboxylic acids is 1. The van der Waals surface area contributed by atoms with Gasteiger partial charge in [-0.25, -0.2) is 9.97 Å². The van der Waals surface area contributed by atoms with Crippen molar-refractivity contribution in [2.75, 3.05) is 18.8 Å². The Morgan fingerprint density at radius 3 is 2.36 bits per heavy atom. The first-order chi connectivity index (χ1) is 13.7. The van der Waals surface area contributed by atoms with E-state index in [1.807, 2.05) is 29.2 Å². The van der Waals surface area contributed by atoms with Gasteiger partial charge in [-0.3, -0.25) is 4.79 Å².